The lowest BCUT2D eigenvalue weighted by Gasteiger charge is -2.08. The van der Waals surface area contributed by atoms with E-state index in [1.54, 1.807) is 11.5 Å². The van der Waals surface area contributed by atoms with E-state index >= 15 is 0 Å². The van der Waals surface area contributed by atoms with E-state index in [0.29, 0.717) is 12.0 Å². The predicted octanol–water partition coefficient (Wildman–Crippen LogP) is 5.09. The van der Waals surface area contributed by atoms with E-state index in [1.807, 2.05) is 19.2 Å². The van der Waals surface area contributed by atoms with E-state index in [9.17, 15) is 5.11 Å². The van der Waals surface area contributed by atoms with Crippen molar-refractivity contribution in [3.8, 4) is 0 Å². The minimum absolute atomic E-state index is 0.210. The molecule has 0 amide bonds. The van der Waals surface area contributed by atoms with Gasteiger partial charge in [-0.05, 0) is 25.3 Å². The Hall–Kier alpha value is -0.500. The number of pyridine rings is 1. The van der Waals surface area contributed by atoms with Gasteiger partial charge in [-0.1, -0.05) is 35.8 Å². The third-order valence-electron chi connectivity index (χ3n) is 2.89. The molecular formula is C14H21Cl2NO2P+. The Bertz CT molecular complexity index is 478. The molecule has 0 spiro atoms. The molecule has 1 aromatic heterocycles. The highest BCUT2D eigenvalue weighted by atomic mass is 35.9. The Labute approximate surface area is 131 Å². The number of hydrogen-bond acceptors (Lipinski definition) is 2. The first-order valence-electron chi connectivity index (χ1n) is 6.70. The van der Waals surface area contributed by atoms with E-state index in [4.69, 9.17) is 27.2 Å². The summed E-state index contributed by atoms with van der Waals surface area (Å²) in [5, 5.41) is 9.95. The molecule has 1 aromatic rings. The summed E-state index contributed by atoms with van der Waals surface area (Å²) in [5.74, 6) is -0.210. The second kappa shape index (κ2) is 8.71. The SMILES string of the molecule is CCCCc1cc[n+](/C(=C(\O)OCC)P(Cl)Cl)c(C)c1. The van der Waals surface area contributed by atoms with Crippen LogP contribution >= 0.6 is 29.1 Å². The fourth-order valence-electron chi connectivity index (χ4n) is 1.91. The number of unbranched alkanes of at least 4 members (excludes halogenated alkanes) is 1. The van der Waals surface area contributed by atoms with Crippen LogP contribution in [0.25, 0.3) is 5.44 Å². The molecule has 1 rings (SSSR count). The quantitative estimate of drug-likeness (QED) is 0.427. The van der Waals surface area contributed by atoms with Crippen LogP contribution in [0.3, 0.4) is 0 Å². The maximum absolute atomic E-state index is 9.95. The zero-order valence-corrected chi connectivity index (χ0v) is 14.5. The molecule has 3 nitrogen and oxygen atoms in total. The fourth-order valence-corrected chi connectivity index (χ4v) is 3.42. The molecule has 0 bridgehead atoms. The van der Waals surface area contributed by atoms with Crippen LogP contribution in [0.2, 0.25) is 0 Å². The van der Waals surface area contributed by atoms with Gasteiger partial charge in [0.1, 0.15) is 0 Å². The molecular weight excluding hydrogens is 316 g/mol. The molecule has 6 heteroatoms. The second-order valence-electron chi connectivity index (χ2n) is 4.44. The Morgan fingerprint density at radius 2 is 2.10 bits per heavy atom. The van der Waals surface area contributed by atoms with Gasteiger partial charge in [0, 0.05) is 19.1 Å². The van der Waals surface area contributed by atoms with Crippen LogP contribution in [0.4, 0.5) is 0 Å². The maximum atomic E-state index is 9.95. The van der Waals surface area contributed by atoms with Crippen molar-refractivity contribution in [3.63, 3.8) is 0 Å². The van der Waals surface area contributed by atoms with Crippen LogP contribution in [0.15, 0.2) is 24.3 Å². The number of aromatic nitrogens is 1. The summed E-state index contributed by atoms with van der Waals surface area (Å²) in [7, 11) is 0. The first kappa shape index (κ1) is 17.6. The molecule has 0 unspecified atom stereocenters. The topological polar surface area (TPSA) is 33.3 Å². The number of hydrogen-bond donors (Lipinski definition) is 1. The fraction of sp³-hybridized carbons (Fsp3) is 0.500. The Balaban J connectivity index is 3.13. The van der Waals surface area contributed by atoms with Crippen molar-refractivity contribution >= 4 is 34.5 Å². The molecule has 0 fully saturated rings. The lowest BCUT2D eigenvalue weighted by Crippen LogP contribution is -2.35. The van der Waals surface area contributed by atoms with Crippen molar-refractivity contribution in [1.82, 2.24) is 0 Å². The summed E-state index contributed by atoms with van der Waals surface area (Å²) < 4.78 is 6.92. The van der Waals surface area contributed by atoms with Gasteiger partial charge < -0.3 is 9.84 Å². The van der Waals surface area contributed by atoms with Crippen molar-refractivity contribution < 1.29 is 14.4 Å². The third-order valence-corrected chi connectivity index (χ3v) is 4.58. The summed E-state index contributed by atoms with van der Waals surface area (Å²) in [5.41, 5.74) is 2.64. The van der Waals surface area contributed by atoms with Gasteiger partial charge in [-0.3, -0.25) is 0 Å². The van der Waals surface area contributed by atoms with E-state index in [1.165, 1.54) is 12.0 Å². The van der Waals surface area contributed by atoms with Gasteiger partial charge in [-0.25, -0.2) is 0 Å². The molecule has 0 atom stereocenters. The minimum atomic E-state index is -1.52. The highest BCUT2D eigenvalue weighted by molar-refractivity contribution is 8.10. The van der Waals surface area contributed by atoms with Gasteiger partial charge in [0.15, 0.2) is 18.5 Å². The number of aryl methyl sites for hydroxylation is 2. The van der Waals surface area contributed by atoms with E-state index in [0.717, 1.165) is 18.5 Å². The lowest BCUT2D eigenvalue weighted by molar-refractivity contribution is -0.583. The molecule has 1 N–H and O–H groups in total. The Kier molecular flexibility index (Phi) is 7.65. The predicted molar refractivity (Wildman–Crippen MR) is 86.1 cm³/mol. The molecule has 0 aliphatic rings. The van der Waals surface area contributed by atoms with E-state index < -0.39 is 6.63 Å². The number of rotatable bonds is 7. The molecule has 0 aliphatic heterocycles. The van der Waals surface area contributed by atoms with Crippen molar-refractivity contribution in [2.75, 3.05) is 6.61 Å². The molecule has 112 valence electrons. The first-order valence-corrected chi connectivity index (χ1v) is 9.85. The van der Waals surface area contributed by atoms with Crippen LogP contribution in [-0.4, -0.2) is 11.7 Å². The summed E-state index contributed by atoms with van der Waals surface area (Å²) in [6.45, 7) is 4.77. The van der Waals surface area contributed by atoms with Crippen molar-refractivity contribution in [2.24, 2.45) is 0 Å². The first-order chi connectivity index (χ1) is 9.51. The number of ether oxygens (including phenoxy) is 1. The molecule has 0 saturated carbocycles. The maximum Gasteiger partial charge on any atom is 0.355 e. The van der Waals surface area contributed by atoms with Crippen LogP contribution in [0.1, 0.15) is 37.9 Å². The number of halogens is 2. The van der Waals surface area contributed by atoms with Crippen LogP contribution < -0.4 is 4.57 Å². The van der Waals surface area contributed by atoms with E-state index in [2.05, 4.69) is 13.0 Å². The zero-order valence-electron chi connectivity index (χ0n) is 12.1. The normalized spacial score (nSPS) is 12.5. The van der Waals surface area contributed by atoms with Crippen LogP contribution in [0, 0.1) is 6.92 Å². The number of aliphatic hydroxyl groups excluding tert-OH is 1. The highest BCUT2D eigenvalue weighted by Crippen LogP contribution is 2.55. The van der Waals surface area contributed by atoms with Gasteiger partial charge >= 0.3 is 11.4 Å². The average Bonchev–Trinajstić information content (AvgIpc) is 2.39. The van der Waals surface area contributed by atoms with Crippen molar-refractivity contribution in [2.45, 2.75) is 40.0 Å². The number of aliphatic hydroxyl groups is 1. The minimum Gasteiger partial charge on any atom is -0.476 e. The zero-order chi connectivity index (χ0) is 15.1. The van der Waals surface area contributed by atoms with Gasteiger partial charge in [0.25, 0.3) is 0 Å². The van der Waals surface area contributed by atoms with Gasteiger partial charge in [-0.2, -0.15) is 4.57 Å². The summed E-state index contributed by atoms with van der Waals surface area (Å²) in [6, 6.07) is 4.11. The third kappa shape index (κ3) is 4.80. The molecule has 0 aromatic carbocycles. The van der Waals surface area contributed by atoms with Crippen LogP contribution in [0.5, 0.6) is 0 Å². The summed E-state index contributed by atoms with van der Waals surface area (Å²) >= 11 is 12.0. The van der Waals surface area contributed by atoms with E-state index in [-0.39, 0.29) is 5.95 Å². The standard InChI is InChI=1S/C14H20Cl2NO2P/c1-4-6-7-12-8-9-17(11(3)10-12)13(20(15)16)14(18)19-5-2/h8-10H,4-7H2,1-3H3/p+1/b14-13-. The second-order valence-corrected chi connectivity index (χ2v) is 7.88. The van der Waals surface area contributed by atoms with Crippen LogP contribution in [-0.2, 0) is 11.2 Å². The molecule has 0 saturated heterocycles. The van der Waals surface area contributed by atoms with Gasteiger partial charge in [-0.15, -0.1) is 0 Å². The smallest absolute Gasteiger partial charge is 0.355 e. The molecule has 0 radical (unpaired) electrons. The lowest BCUT2D eigenvalue weighted by atomic mass is 10.1. The molecule has 0 aliphatic carbocycles. The number of nitrogens with zero attached hydrogens (tertiary/aromatic N) is 1. The molecule has 1 heterocycles. The highest BCUT2D eigenvalue weighted by Gasteiger charge is 2.28. The summed E-state index contributed by atoms with van der Waals surface area (Å²) in [6.07, 6.45) is 5.25. The van der Waals surface area contributed by atoms with Gasteiger partial charge in [0.2, 0.25) is 0 Å². The van der Waals surface area contributed by atoms with Crippen molar-refractivity contribution in [3.05, 3.63) is 35.5 Å². The Morgan fingerprint density at radius 3 is 2.60 bits per heavy atom. The summed E-state index contributed by atoms with van der Waals surface area (Å²) in [4.78, 5) is 0. The monoisotopic (exact) mass is 336 g/mol. The van der Waals surface area contributed by atoms with Crippen molar-refractivity contribution in [1.29, 1.82) is 0 Å². The Morgan fingerprint density at radius 1 is 1.40 bits per heavy atom. The van der Waals surface area contributed by atoms with Gasteiger partial charge in [0.05, 0.1) is 6.61 Å². The average molecular weight is 337 g/mol. The largest absolute Gasteiger partial charge is 0.476 e. The molecule has 20 heavy (non-hydrogen) atoms.